The molecule has 3 rings (SSSR count). The number of benzene rings is 2. The van der Waals surface area contributed by atoms with Gasteiger partial charge in [0.1, 0.15) is 10.1 Å². The van der Waals surface area contributed by atoms with Gasteiger partial charge in [-0.05, 0) is 28.5 Å². The quantitative estimate of drug-likeness (QED) is 0.256. The monoisotopic (exact) mass is 417 g/mol. The first-order chi connectivity index (χ1) is 13.3. The Hall–Kier alpha value is -3.04. The number of nitrogens with zero attached hydrogens (tertiary/aromatic N) is 1. The fourth-order valence-corrected chi connectivity index (χ4v) is 5.83. The van der Waals surface area contributed by atoms with E-state index in [0.717, 1.165) is 23.9 Å². The van der Waals surface area contributed by atoms with Crippen LogP contribution in [-0.2, 0) is 14.6 Å². The summed E-state index contributed by atoms with van der Waals surface area (Å²) in [6, 6.07) is 13.5. The molecule has 0 amide bonds. The van der Waals surface area contributed by atoms with Gasteiger partial charge in [0.2, 0.25) is 0 Å². The molecule has 0 fully saturated rings. The van der Waals surface area contributed by atoms with E-state index in [4.69, 9.17) is 0 Å². The van der Waals surface area contributed by atoms with Gasteiger partial charge in [-0.2, -0.15) is 0 Å². The lowest BCUT2D eigenvalue weighted by Crippen LogP contribution is -2.12. The van der Waals surface area contributed by atoms with Crippen LogP contribution in [0.2, 0.25) is 0 Å². The van der Waals surface area contributed by atoms with E-state index in [1.54, 1.807) is 18.2 Å². The van der Waals surface area contributed by atoms with Gasteiger partial charge in [-0.1, -0.05) is 53.8 Å². The molecule has 1 atom stereocenters. The van der Waals surface area contributed by atoms with Crippen LogP contribution in [0.3, 0.4) is 0 Å². The number of fused-ring (bicyclic) bond motifs is 1. The lowest BCUT2D eigenvalue weighted by Gasteiger charge is -2.14. The number of ether oxygens (including phenoxy) is 1. The van der Waals surface area contributed by atoms with Gasteiger partial charge in [0.15, 0.2) is 14.7 Å². The summed E-state index contributed by atoms with van der Waals surface area (Å²) >= 11 is 0.466. The highest BCUT2D eigenvalue weighted by molar-refractivity contribution is 7.92. The number of hydrogen-bond donors (Lipinski definition) is 0. The Morgan fingerprint density at radius 1 is 1.21 bits per heavy atom. The molecular formula is C19H15NO6S2. The van der Waals surface area contributed by atoms with Crippen molar-refractivity contribution in [2.24, 2.45) is 0 Å². The Labute approximate surface area is 164 Å². The number of nitro groups is 1. The highest BCUT2D eigenvalue weighted by Crippen LogP contribution is 2.40. The molecule has 0 saturated carbocycles. The number of sulfone groups is 1. The third-order valence-electron chi connectivity index (χ3n) is 4.19. The van der Waals surface area contributed by atoms with Crippen molar-refractivity contribution < 1.29 is 22.9 Å². The second-order valence-electron chi connectivity index (χ2n) is 5.84. The molecule has 1 unspecified atom stereocenters. The maximum Gasteiger partial charge on any atom is 0.348 e. The summed E-state index contributed by atoms with van der Waals surface area (Å²) in [5.74, 6) is -0.838. The van der Waals surface area contributed by atoms with E-state index in [-0.39, 0.29) is 4.88 Å². The first-order valence-corrected chi connectivity index (χ1v) is 10.4. The molecular weight excluding hydrogens is 402 g/mol. The van der Waals surface area contributed by atoms with Gasteiger partial charge in [-0.3, -0.25) is 10.1 Å². The van der Waals surface area contributed by atoms with Crippen LogP contribution < -0.4 is 0 Å². The average molecular weight is 417 g/mol. The molecule has 144 valence electrons. The number of carbonyl (C=O) groups excluding carboxylic acids is 1. The Morgan fingerprint density at radius 2 is 1.89 bits per heavy atom. The Balaban J connectivity index is 2.16. The van der Waals surface area contributed by atoms with Crippen molar-refractivity contribution in [3.63, 3.8) is 0 Å². The Bertz CT molecular complexity index is 1200. The summed E-state index contributed by atoms with van der Waals surface area (Å²) in [6.45, 7) is 3.60. The van der Waals surface area contributed by atoms with Crippen molar-refractivity contribution >= 4 is 42.9 Å². The van der Waals surface area contributed by atoms with Gasteiger partial charge in [-0.15, -0.1) is 6.58 Å². The zero-order valence-electron chi connectivity index (χ0n) is 14.7. The maximum atomic E-state index is 13.2. The van der Waals surface area contributed by atoms with E-state index >= 15 is 0 Å². The topological polar surface area (TPSA) is 104 Å². The zero-order valence-corrected chi connectivity index (χ0v) is 16.3. The first kappa shape index (κ1) is 19.7. The van der Waals surface area contributed by atoms with Crippen LogP contribution in [0.5, 0.6) is 0 Å². The third-order valence-corrected chi connectivity index (χ3v) is 7.44. The fourth-order valence-electron chi connectivity index (χ4n) is 2.86. The first-order valence-electron chi connectivity index (χ1n) is 8.01. The van der Waals surface area contributed by atoms with Crippen LogP contribution in [0.1, 0.15) is 20.5 Å². The highest BCUT2D eigenvalue weighted by Gasteiger charge is 2.36. The molecule has 0 aliphatic heterocycles. The number of methoxy groups -OCH3 is 1. The van der Waals surface area contributed by atoms with Crippen LogP contribution in [0.25, 0.3) is 10.8 Å². The molecule has 28 heavy (non-hydrogen) atoms. The molecule has 0 saturated heterocycles. The maximum absolute atomic E-state index is 13.2. The van der Waals surface area contributed by atoms with Crippen LogP contribution in [0.15, 0.2) is 66.1 Å². The molecule has 0 radical (unpaired) electrons. The zero-order chi connectivity index (χ0) is 20.5. The molecule has 0 bridgehead atoms. The standard InChI is InChI=1S/C19H15NO6S2/c1-3-16(14-9-8-12-6-4-5-7-13(12)10-14)28(24,25)17-11-15(19(21)26-2)27-18(17)20(22)23/h3-11,16H,1H2,2H3. The lowest BCUT2D eigenvalue weighted by molar-refractivity contribution is -0.383. The van der Waals surface area contributed by atoms with Crippen LogP contribution in [0.4, 0.5) is 5.00 Å². The second-order valence-corrected chi connectivity index (χ2v) is 8.91. The van der Waals surface area contributed by atoms with Gasteiger partial charge >= 0.3 is 11.0 Å². The highest BCUT2D eigenvalue weighted by atomic mass is 32.2. The minimum Gasteiger partial charge on any atom is -0.465 e. The minimum absolute atomic E-state index is 0.158. The second kappa shape index (κ2) is 7.53. The van der Waals surface area contributed by atoms with Gasteiger partial charge in [0.25, 0.3) is 0 Å². The molecule has 1 heterocycles. The summed E-state index contributed by atoms with van der Waals surface area (Å²) in [5.41, 5.74) is 0.425. The number of hydrogen-bond acceptors (Lipinski definition) is 7. The summed E-state index contributed by atoms with van der Waals surface area (Å²) in [4.78, 5) is 21.6. The van der Waals surface area contributed by atoms with Crippen molar-refractivity contribution in [1.82, 2.24) is 0 Å². The summed E-state index contributed by atoms with van der Waals surface area (Å²) in [7, 11) is -3.11. The predicted molar refractivity (Wildman–Crippen MR) is 106 cm³/mol. The van der Waals surface area contributed by atoms with Gasteiger partial charge in [0, 0.05) is 0 Å². The smallest absolute Gasteiger partial charge is 0.348 e. The number of thiophene rings is 1. The van der Waals surface area contributed by atoms with E-state index in [0.29, 0.717) is 16.9 Å². The van der Waals surface area contributed by atoms with Crippen molar-refractivity contribution in [2.45, 2.75) is 10.1 Å². The summed E-state index contributed by atoms with van der Waals surface area (Å²) in [6.07, 6.45) is 1.22. The number of carbonyl (C=O) groups is 1. The lowest BCUT2D eigenvalue weighted by atomic mass is 10.1. The molecule has 0 spiro atoms. The van der Waals surface area contributed by atoms with Gasteiger partial charge in [0.05, 0.1) is 12.0 Å². The van der Waals surface area contributed by atoms with Crippen molar-refractivity contribution in [2.75, 3.05) is 7.11 Å². The molecule has 1 aromatic heterocycles. The predicted octanol–water partition coefficient (Wildman–Crippen LogP) is 4.30. The minimum atomic E-state index is -4.23. The van der Waals surface area contributed by atoms with Crippen molar-refractivity contribution in [3.8, 4) is 0 Å². The Morgan fingerprint density at radius 3 is 2.50 bits per heavy atom. The molecule has 9 heteroatoms. The SMILES string of the molecule is C=CC(c1ccc2ccccc2c1)S(=O)(=O)c1cc(C(=O)OC)sc1[N+](=O)[O-]. The summed E-state index contributed by atoms with van der Waals surface area (Å²) in [5, 5.41) is 11.3. The van der Waals surface area contributed by atoms with Crippen LogP contribution in [-0.4, -0.2) is 26.4 Å². The van der Waals surface area contributed by atoms with E-state index < -0.39 is 35.9 Å². The van der Waals surface area contributed by atoms with E-state index in [1.807, 2.05) is 24.3 Å². The summed E-state index contributed by atoms with van der Waals surface area (Å²) < 4.78 is 31.0. The Kier molecular flexibility index (Phi) is 5.30. The van der Waals surface area contributed by atoms with Crippen molar-refractivity contribution in [1.29, 1.82) is 0 Å². The third kappa shape index (κ3) is 3.41. The average Bonchev–Trinajstić information content (AvgIpc) is 3.14. The number of esters is 1. The van der Waals surface area contributed by atoms with Gasteiger partial charge < -0.3 is 4.74 Å². The normalized spacial score (nSPS) is 12.5. The molecule has 0 aliphatic rings. The fraction of sp³-hybridized carbons (Fsp3) is 0.105. The van der Waals surface area contributed by atoms with E-state index in [9.17, 15) is 23.3 Å². The van der Waals surface area contributed by atoms with Crippen LogP contribution in [0, 0.1) is 10.1 Å². The van der Waals surface area contributed by atoms with Gasteiger partial charge in [-0.25, -0.2) is 13.2 Å². The van der Waals surface area contributed by atoms with E-state index in [2.05, 4.69) is 11.3 Å². The largest absolute Gasteiger partial charge is 0.465 e. The van der Waals surface area contributed by atoms with E-state index in [1.165, 1.54) is 6.08 Å². The molecule has 3 aromatic rings. The van der Waals surface area contributed by atoms with Crippen LogP contribution >= 0.6 is 11.3 Å². The molecule has 2 aromatic carbocycles. The molecule has 0 N–H and O–H groups in total. The number of rotatable bonds is 6. The van der Waals surface area contributed by atoms with Crippen molar-refractivity contribution in [3.05, 3.63) is 81.7 Å². The molecule has 7 nitrogen and oxygen atoms in total. The molecule has 0 aliphatic carbocycles.